The summed E-state index contributed by atoms with van der Waals surface area (Å²) in [5.74, 6) is 0.687. The minimum Gasteiger partial charge on any atom is -0.381 e. The molecule has 1 fully saturated rings. The van der Waals surface area contributed by atoms with E-state index in [1.165, 1.54) is 11.5 Å². The predicted molar refractivity (Wildman–Crippen MR) is 61.8 cm³/mol. The van der Waals surface area contributed by atoms with E-state index in [1.54, 1.807) is 0 Å². The Balaban J connectivity index is 1.96. The van der Waals surface area contributed by atoms with Crippen LogP contribution in [0.4, 0.5) is 0 Å². The molecule has 16 heavy (non-hydrogen) atoms. The lowest BCUT2D eigenvalue weighted by atomic mass is 9.93. The van der Waals surface area contributed by atoms with Gasteiger partial charge in [0.2, 0.25) is 0 Å². The Morgan fingerprint density at radius 2 is 2.25 bits per heavy atom. The first-order valence-corrected chi connectivity index (χ1v) is 6.50. The number of nitrogens with zero attached hydrogens (tertiary/aromatic N) is 2. The molecular weight excluding hydrogens is 224 g/mol. The van der Waals surface area contributed by atoms with E-state index in [0.29, 0.717) is 12.3 Å². The fourth-order valence-corrected chi connectivity index (χ4v) is 2.65. The van der Waals surface area contributed by atoms with Gasteiger partial charge < -0.3 is 4.74 Å². The van der Waals surface area contributed by atoms with Crippen LogP contribution in [0.5, 0.6) is 0 Å². The third-order valence-electron chi connectivity index (χ3n) is 2.96. The van der Waals surface area contributed by atoms with Gasteiger partial charge in [-0.25, -0.2) is 0 Å². The molecule has 0 radical (unpaired) electrons. The molecule has 1 aliphatic heterocycles. The molecule has 1 aromatic heterocycles. The fourth-order valence-electron chi connectivity index (χ4n) is 1.96. The topological polar surface area (TPSA) is 52.1 Å². The van der Waals surface area contributed by atoms with Crippen molar-refractivity contribution in [3.8, 4) is 0 Å². The number of carbonyl (C=O) groups is 1. The Hall–Kier alpha value is -0.810. The van der Waals surface area contributed by atoms with Crippen LogP contribution in [-0.4, -0.2) is 28.6 Å². The standard InChI is InChI=1S/C11H16N2O2S/c1-2-9-11(16-13-12-9)10(14)7-8-3-5-15-6-4-8/h8H,2-7H2,1H3. The van der Waals surface area contributed by atoms with E-state index in [-0.39, 0.29) is 5.78 Å². The first-order chi connectivity index (χ1) is 7.81. The van der Waals surface area contributed by atoms with Crippen molar-refractivity contribution in [3.05, 3.63) is 10.6 Å². The lowest BCUT2D eigenvalue weighted by Crippen LogP contribution is -2.18. The highest BCUT2D eigenvalue weighted by Crippen LogP contribution is 2.23. The van der Waals surface area contributed by atoms with Crippen molar-refractivity contribution in [1.29, 1.82) is 0 Å². The average molecular weight is 240 g/mol. The number of hydrogen-bond acceptors (Lipinski definition) is 5. The predicted octanol–water partition coefficient (Wildman–Crippen LogP) is 2.10. The molecule has 0 atom stereocenters. The van der Waals surface area contributed by atoms with Crippen molar-refractivity contribution in [2.24, 2.45) is 5.92 Å². The van der Waals surface area contributed by atoms with Crippen LogP contribution in [0.1, 0.15) is 41.6 Å². The van der Waals surface area contributed by atoms with Crippen molar-refractivity contribution in [2.75, 3.05) is 13.2 Å². The highest BCUT2D eigenvalue weighted by atomic mass is 32.1. The van der Waals surface area contributed by atoms with Gasteiger partial charge in [0, 0.05) is 19.6 Å². The van der Waals surface area contributed by atoms with Crippen LogP contribution in [0.25, 0.3) is 0 Å². The Labute approximate surface area is 99.2 Å². The molecule has 0 spiro atoms. The SMILES string of the molecule is CCc1nnsc1C(=O)CC1CCOCC1. The Kier molecular flexibility index (Phi) is 4.01. The minimum atomic E-state index is 0.207. The first-order valence-electron chi connectivity index (χ1n) is 5.73. The van der Waals surface area contributed by atoms with Crippen molar-refractivity contribution < 1.29 is 9.53 Å². The largest absolute Gasteiger partial charge is 0.381 e. The van der Waals surface area contributed by atoms with Crippen molar-refractivity contribution in [2.45, 2.75) is 32.6 Å². The van der Waals surface area contributed by atoms with E-state index in [2.05, 4.69) is 9.59 Å². The second-order valence-corrected chi connectivity index (χ2v) is 4.84. The first kappa shape index (κ1) is 11.7. The van der Waals surface area contributed by atoms with Gasteiger partial charge >= 0.3 is 0 Å². The number of ether oxygens (including phenoxy) is 1. The molecule has 1 aromatic rings. The van der Waals surface area contributed by atoms with Gasteiger partial charge in [0.25, 0.3) is 0 Å². The zero-order valence-corrected chi connectivity index (χ0v) is 10.3. The van der Waals surface area contributed by atoms with Gasteiger partial charge in [-0.15, -0.1) is 5.10 Å². The van der Waals surface area contributed by atoms with Gasteiger partial charge in [0.15, 0.2) is 5.78 Å². The van der Waals surface area contributed by atoms with E-state index in [1.807, 2.05) is 6.92 Å². The number of Topliss-reactive ketones (excluding diaryl/α,β-unsaturated/α-hetero) is 1. The lowest BCUT2D eigenvalue weighted by Gasteiger charge is -2.20. The molecule has 0 aromatic carbocycles. The van der Waals surface area contributed by atoms with Crippen LogP contribution >= 0.6 is 11.5 Å². The van der Waals surface area contributed by atoms with Gasteiger partial charge in [0.05, 0.1) is 5.69 Å². The molecule has 2 rings (SSSR count). The molecule has 4 nitrogen and oxygen atoms in total. The van der Waals surface area contributed by atoms with E-state index in [0.717, 1.165) is 43.0 Å². The maximum absolute atomic E-state index is 12.0. The number of ketones is 1. The number of hydrogen-bond donors (Lipinski definition) is 0. The van der Waals surface area contributed by atoms with Crippen molar-refractivity contribution >= 4 is 17.3 Å². The molecule has 5 heteroatoms. The second kappa shape index (κ2) is 5.50. The Morgan fingerprint density at radius 3 is 2.94 bits per heavy atom. The summed E-state index contributed by atoms with van der Waals surface area (Å²) in [6, 6.07) is 0. The summed E-state index contributed by atoms with van der Waals surface area (Å²) in [7, 11) is 0. The van der Waals surface area contributed by atoms with Gasteiger partial charge in [-0.05, 0) is 36.7 Å². The van der Waals surface area contributed by atoms with E-state index >= 15 is 0 Å². The molecule has 0 bridgehead atoms. The van der Waals surface area contributed by atoms with E-state index in [4.69, 9.17) is 4.74 Å². The summed E-state index contributed by atoms with van der Waals surface area (Å²) in [6.45, 7) is 3.58. The molecule has 0 aliphatic carbocycles. The summed E-state index contributed by atoms with van der Waals surface area (Å²) < 4.78 is 9.14. The van der Waals surface area contributed by atoms with Gasteiger partial charge in [-0.3, -0.25) is 4.79 Å². The van der Waals surface area contributed by atoms with Crippen LogP contribution < -0.4 is 0 Å². The third-order valence-corrected chi connectivity index (χ3v) is 3.77. The minimum absolute atomic E-state index is 0.207. The van der Waals surface area contributed by atoms with Crippen molar-refractivity contribution in [3.63, 3.8) is 0 Å². The molecule has 1 saturated heterocycles. The lowest BCUT2D eigenvalue weighted by molar-refractivity contribution is 0.0602. The summed E-state index contributed by atoms with van der Waals surface area (Å²) in [5.41, 5.74) is 0.849. The van der Waals surface area contributed by atoms with Gasteiger partial charge in [0.1, 0.15) is 4.88 Å². The van der Waals surface area contributed by atoms with Crippen LogP contribution in [-0.2, 0) is 11.2 Å². The van der Waals surface area contributed by atoms with Crippen LogP contribution in [0, 0.1) is 5.92 Å². The highest BCUT2D eigenvalue weighted by Gasteiger charge is 2.21. The fraction of sp³-hybridized carbons (Fsp3) is 0.727. The average Bonchev–Trinajstić information content (AvgIpc) is 2.78. The number of rotatable bonds is 4. The summed E-state index contributed by atoms with van der Waals surface area (Å²) in [4.78, 5) is 12.8. The summed E-state index contributed by atoms with van der Waals surface area (Å²) in [5, 5.41) is 3.97. The highest BCUT2D eigenvalue weighted by molar-refractivity contribution is 7.08. The monoisotopic (exact) mass is 240 g/mol. The summed E-state index contributed by atoms with van der Waals surface area (Å²) in [6.07, 6.45) is 3.41. The quantitative estimate of drug-likeness (QED) is 0.756. The summed E-state index contributed by atoms with van der Waals surface area (Å²) >= 11 is 1.23. The third kappa shape index (κ3) is 2.65. The van der Waals surface area contributed by atoms with Crippen LogP contribution in [0.2, 0.25) is 0 Å². The smallest absolute Gasteiger partial charge is 0.176 e. The van der Waals surface area contributed by atoms with Gasteiger partial charge in [-0.2, -0.15) is 0 Å². The number of aryl methyl sites for hydroxylation is 1. The Morgan fingerprint density at radius 1 is 1.50 bits per heavy atom. The number of carbonyl (C=O) groups excluding carboxylic acids is 1. The second-order valence-electron chi connectivity index (χ2n) is 4.09. The molecule has 0 amide bonds. The van der Waals surface area contributed by atoms with Crippen molar-refractivity contribution in [1.82, 2.24) is 9.59 Å². The van der Waals surface area contributed by atoms with E-state index < -0.39 is 0 Å². The molecule has 0 N–H and O–H groups in total. The normalized spacial score (nSPS) is 17.6. The maximum atomic E-state index is 12.0. The van der Waals surface area contributed by atoms with E-state index in [9.17, 15) is 4.79 Å². The molecule has 0 saturated carbocycles. The molecule has 0 unspecified atom stereocenters. The Bertz CT molecular complexity index is 359. The van der Waals surface area contributed by atoms with Crippen LogP contribution in [0.3, 0.4) is 0 Å². The molecule has 88 valence electrons. The molecule has 1 aliphatic rings. The molecular formula is C11H16N2O2S. The zero-order valence-electron chi connectivity index (χ0n) is 9.44. The van der Waals surface area contributed by atoms with Crippen LogP contribution in [0.15, 0.2) is 0 Å². The van der Waals surface area contributed by atoms with Gasteiger partial charge in [-0.1, -0.05) is 11.4 Å². The zero-order chi connectivity index (χ0) is 11.4. The maximum Gasteiger partial charge on any atom is 0.176 e. The molecule has 2 heterocycles. The number of aromatic nitrogens is 2.